The minimum atomic E-state index is -0.569. The zero-order chi connectivity index (χ0) is 11.3. The Hall–Kier alpha value is -1.02. The van der Waals surface area contributed by atoms with Gasteiger partial charge in [0.25, 0.3) is 0 Å². The Morgan fingerprint density at radius 1 is 1.33 bits per heavy atom. The van der Waals surface area contributed by atoms with E-state index < -0.39 is 5.60 Å². The molecule has 0 aliphatic rings. The Morgan fingerprint density at radius 2 is 2.00 bits per heavy atom. The number of rotatable bonds is 5. The van der Waals surface area contributed by atoms with Crippen LogP contribution in [0.5, 0.6) is 5.75 Å². The molecule has 2 heteroatoms. The zero-order valence-corrected chi connectivity index (χ0v) is 9.79. The number of ether oxygens (including phenoxy) is 1. The van der Waals surface area contributed by atoms with Crippen molar-refractivity contribution < 1.29 is 9.84 Å². The van der Waals surface area contributed by atoms with Gasteiger partial charge in [-0.15, -0.1) is 0 Å². The van der Waals surface area contributed by atoms with Crippen molar-refractivity contribution in [2.45, 2.75) is 38.7 Å². The molecule has 0 fully saturated rings. The molecule has 15 heavy (non-hydrogen) atoms. The predicted octanol–water partition coefficient (Wildman–Crippen LogP) is 2.79. The van der Waals surface area contributed by atoms with Crippen LogP contribution in [0.25, 0.3) is 0 Å². The average molecular weight is 208 g/mol. The van der Waals surface area contributed by atoms with Crippen LogP contribution in [0.4, 0.5) is 0 Å². The summed E-state index contributed by atoms with van der Waals surface area (Å²) in [7, 11) is 1.68. The monoisotopic (exact) mass is 208 g/mol. The molecule has 0 radical (unpaired) electrons. The van der Waals surface area contributed by atoms with Crippen LogP contribution in [0, 0.1) is 0 Å². The molecule has 0 aliphatic heterocycles. The van der Waals surface area contributed by atoms with Crippen LogP contribution < -0.4 is 4.74 Å². The second-order valence-corrected chi connectivity index (χ2v) is 4.16. The van der Waals surface area contributed by atoms with Gasteiger partial charge in [0.1, 0.15) is 5.75 Å². The third-order valence-electron chi connectivity index (χ3n) is 2.89. The number of aliphatic hydroxyl groups is 1. The highest BCUT2D eigenvalue weighted by atomic mass is 16.5. The van der Waals surface area contributed by atoms with Crippen LogP contribution >= 0.6 is 0 Å². The van der Waals surface area contributed by atoms with Gasteiger partial charge in [-0.25, -0.2) is 0 Å². The third kappa shape index (κ3) is 3.56. The van der Waals surface area contributed by atoms with Crippen LogP contribution in [-0.4, -0.2) is 17.8 Å². The van der Waals surface area contributed by atoms with Crippen molar-refractivity contribution in [1.82, 2.24) is 0 Å². The summed E-state index contributed by atoms with van der Waals surface area (Å²) < 4.78 is 5.26. The highest BCUT2D eigenvalue weighted by molar-refractivity contribution is 5.33. The fraction of sp³-hybridized carbons (Fsp3) is 0.538. The highest BCUT2D eigenvalue weighted by Crippen LogP contribution is 2.23. The molecule has 0 aliphatic carbocycles. The number of para-hydroxylation sites is 1. The van der Waals surface area contributed by atoms with E-state index in [1.54, 1.807) is 7.11 Å². The van der Waals surface area contributed by atoms with Crippen molar-refractivity contribution >= 4 is 0 Å². The maximum atomic E-state index is 9.91. The summed E-state index contributed by atoms with van der Waals surface area (Å²) >= 11 is 0. The van der Waals surface area contributed by atoms with Crippen molar-refractivity contribution in [3.63, 3.8) is 0 Å². The van der Waals surface area contributed by atoms with Crippen molar-refractivity contribution in [1.29, 1.82) is 0 Å². The largest absolute Gasteiger partial charge is 0.496 e. The van der Waals surface area contributed by atoms with Gasteiger partial charge in [-0.1, -0.05) is 25.1 Å². The molecule has 0 bridgehead atoms. The zero-order valence-electron chi connectivity index (χ0n) is 9.79. The van der Waals surface area contributed by atoms with Crippen LogP contribution in [-0.2, 0) is 6.42 Å². The van der Waals surface area contributed by atoms with Gasteiger partial charge in [0.05, 0.1) is 12.7 Å². The second kappa shape index (κ2) is 5.17. The molecule has 0 saturated carbocycles. The van der Waals surface area contributed by atoms with E-state index in [4.69, 9.17) is 4.74 Å². The van der Waals surface area contributed by atoms with Crippen LogP contribution in [0.3, 0.4) is 0 Å². The Bertz CT molecular complexity index is 305. The molecule has 0 aromatic heterocycles. The van der Waals surface area contributed by atoms with Gasteiger partial charge in [0.15, 0.2) is 0 Å². The van der Waals surface area contributed by atoms with Crippen LogP contribution in [0.1, 0.15) is 32.3 Å². The van der Waals surface area contributed by atoms with Gasteiger partial charge in [-0.05, 0) is 37.8 Å². The third-order valence-corrected chi connectivity index (χ3v) is 2.89. The number of methoxy groups -OCH3 is 1. The predicted molar refractivity (Wildman–Crippen MR) is 62.2 cm³/mol. The molecule has 1 rings (SSSR count). The standard InChI is InChI=1S/C13H20O2/c1-4-13(2,14)10-9-11-7-5-6-8-12(11)15-3/h5-8,14H,4,9-10H2,1-3H3. The van der Waals surface area contributed by atoms with Crippen molar-refractivity contribution in [3.05, 3.63) is 29.8 Å². The van der Waals surface area contributed by atoms with Crippen molar-refractivity contribution in [3.8, 4) is 5.75 Å². The summed E-state index contributed by atoms with van der Waals surface area (Å²) in [4.78, 5) is 0. The Labute approximate surface area is 91.9 Å². The molecule has 84 valence electrons. The molecular formula is C13H20O2. The first-order valence-electron chi connectivity index (χ1n) is 5.43. The molecule has 1 N–H and O–H groups in total. The summed E-state index contributed by atoms with van der Waals surface area (Å²) in [5.41, 5.74) is 0.592. The molecule has 0 heterocycles. The Balaban J connectivity index is 2.65. The van der Waals surface area contributed by atoms with Gasteiger partial charge >= 0.3 is 0 Å². The molecule has 0 saturated heterocycles. The Kier molecular flexibility index (Phi) is 4.15. The van der Waals surface area contributed by atoms with Gasteiger partial charge in [-0.2, -0.15) is 0 Å². The van der Waals surface area contributed by atoms with Crippen molar-refractivity contribution in [2.75, 3.05) is 7.11 Å². The molecule has 1 aromatic carbocycles. The first-order chi connectivity index (χ1) is 7.09. The minimum Gasteiger partial charge on any atom is -0.496 e. The van der Waals surface area contributed by atoms with Crippen LogP contribution in [0.2, 0.25) is 0 Å². The number of hydrogen-bond donors (Lipinski definition) is 1. The maximum absolute atomic E-state index is 9.91. The summed E-state index contributed by atoms with van der Waals surface area (Å²) in [6.45, 7) is 3.88. The molecule has 1 unspecified atom stereocenters. The fourth-order valence-corrected chi connectivity index (χ4v) is 1.49. The van der Waals surface area contributed by atoms with E-state index in [0.717, 1.165) is 30.6 Å². The lowest BCUT2D eigenvalue weighted by Gasteiger charge is -2.21. The van der Waals surface area contributed by atoms with Gasteiger partial charge in [0.2, 0.25) is 0 Å². The first-order valence-corrected chi connectivity index (χ1v) is 5.43. The minimum absolute atomic E-state index is 0.569. The lowest BCUT2D eigenvalue weighted by Crippen LogP contribution is -2.23. The fourth-order valence-electron chi connectivity index (χ4n) is 1.49. The van der Waals surface area contributed by atoms with E-state index in [2.05, 4.69) is 0 Å². The van der Waals surface area contributed by atoms with E-state index in [0.29, 0.717) is 0 Å². The molecule has 0 amide bonds. The summed E-state index contributed by atoms with van der Waals surface area (Å²) in [6, 6.07) is 7.96. The summed E-state index contributed by atoms with van der Waals surface area (Å²) in [5.74, 6) is 0.907. The molecule has 1 aromatic rings. The number of benzene rings is 1. The molecule has 2 nitrogen and oxygen atoms in total. The summed E-state index contributed by atoms with van der Waals surface area (Å²) in [6.07, 6.45) is 2.40. The van der Waals surface area contributed by atoms with Crippen molar-refractivity contribution in [2.24, 2.45) is 0 Å². The smallest absolute Gasteiger partial charge is 0.122 e. The second-order valence-electron chi connectivity index (χ2n) is 4.16. The topological polar surface area (TPSA) is 29.5 Å². The average Bonchev–Trinajstić information content (AvgIpc) is 2.27. The molecule has 1 atom stereocenters. The highest BCUT2D eigenvalue weighted by Gasteiger charge is 2.17. The quantitative estimate of drug-likeness (QED) is 0.806. The Morgan fingerprint density at radius 3 is 2.60 bits per heavy atom. The lowest BCUT2D eigenvalue weighted by molar-refractivity contribution is 0.0472. The normalized spacial score (nSPS) is 14.7. The van der Waals surface area contributed by atoms with E-state index >= 15 is 0 Å². The van der Waals surface area contributed by atoms with E-state index in [1.165, 1.54) is 0 Å². The van der Waals surface area contributed by atoms with Gasteiger partial charge in [0, 0.05) is 0 Å². The maximum Gasteiger partial charge on any atom is 0.122 e. The van der Waals surface area contributed by atoms with Crippen LogP contribution in [0.15, 0.2) is 24.3 Å². The van der Waals surface area contributed by atoms with Gasteiger partial charge in [-0.3, -0.25) is 0 Å². The number of aryl methyl sites for hydroxylation is 1. The molecule has 0 spiro atoms. The number of hydrogen-bond acceptors (Lipinski definition) is 2. The summed E-state index contributed by atoms with van der Waals surface area (Å²) in [5, 5.41) is 9.91. The van der Waals surface area contributed by atoms with E-state index in [1.807, 2.05) is 38.1 Å². The first kappa shape index (κ1) is 12.1. The lowest BCUT2D eigenvalue weighted by atomic mass is 9.94. The van der Waals surface area contributed by atoms with E-state index in [-0.39, 0.29) is 0 Å². The van der Waals surface area contributed by atoms with Gasteiger partial charge < -0.3 is 9.84 Å². The SMILES string of the molecule is CCC(C)(O)CCc1ccccc1OC. The molecular weight excluding hydrogens is 188 g/mol. The van der Waals surface area contributed by atoms with E-state index in [9.17, 15) is 5.11 Å².